The SMILES string of the molecule is CNc1cc(Br)cc(I)c1F. The predicted octanol–water partition coefficient (Wildman–Crippen LogP) is 3.23. The summed E-state index contributed by atoms with van der Waals surface area (Å²) in [6.45, 7) is 0. The van der Waals surface area contributed by atoms with Gasteiger partial charge in [0.2, 0.25) is 0 Å². The Morgan fingerprint density at radius 3 is 2.73 bits per heavy atom. The molecule has 0 fully saturated rings. The van der Waals surface area contributed by atoms with E-state index in [1.807, 2.05) is 22.6 Å². The van der Waals surface area contributed by atoms with Crippen molar-refractivity contribution in [1.82, 2.24) is 0 Å². The molecular formula is C7H6BrFIN. The van der Waals surface area contributed by atoms with Crippen molar-refractivity contribution in [2.24, 2.45) is 0 Å². The van der Waals surface area contributed by atoms with Crippen LogP contribution in [0.25, 0.3) is 0 Å². The van der Waals surface area contributed by atoms with Gasteiger partial charge in [0.1, 0.15) is 0 Å². The molecule has 1 aromatic rings. The van der Waals surface area contributed by atoms with Gasteiger partial charge in [-0.25, -0.2) is 4.39 Å². The minimum atomic E-state index is -0.198. The molecule has 4 heteroatoms. The van der Waals surface area contributed by atoms with Gasteiger partial charge in [-0.05, 0) is 34.7 Å². The number of nitrogens with one attached hydrogen (secondary N) is 1. The average molecular weight is 330 g/mol. The first kappa shape index (κ1) is 9.25. The van der Waals surface area contributed by atoms with E-state index >= 15 is 0 Å². The Bertz CT molecular complexity index is 277. The highest BCUT2D eigenvalue weighted by molar-refractivity contribution is 14.1. The fourth-order valence-electron chi connectivity index (χ4n) is 0.738. The van der Waals surface area contributed by atoms with Crippen molar-refractivity contribution in [2.45, 2.75) is 0 Å². The summed E-state index contributed by atoms with van der Waals surface area (Å²) in [5.41, 5.74) is 0.517. The second kappa shape index (κ2) is 3.71. The molecule has 0 radical (unpaired) electrons. The molecule has 0 bridgehead atoms. The van der Waals surface area contributed by atoms with Gasteiger partial charge in [-0.3, -0.25) is 0 Å². The molecule has 0 spiro atoms. The second-order valence-corrected chi connectivity index (χ2v) is 4.08. The maximum Gasteiger partial charge on any atom is 0.159 e. The van der Waals surface area contributed by atoms with Crippen LogP contribution in [0.2, 0.25) is 0 Å². The van der Waals surface area contributed by atoms with E-state index in [-0.39, 0.29) is 5.82 Å². The van der Waals surface area contributed by atoms with E-state index < -0.39 is 0 Å². The van der Waals surface area contributed by atoms with Gasteiger partial charge in [-0.15, -0.1) is 0 Å². The third-order valence-electron chi connectivity index (χ3n) is 1.26. The smallest absolute Gasteiger partial charge is 0.159 e. The largest absolute Gasteiger partial charge is 0.386 e. The van der Waals surface area contributed by atoms with Crippen LogP contribution in [0.4, 0.5) is 10.1 Å². The molecule has 1 aromatic carbocycles. The van der Waals surface area contributed by atoms with Crippen LogP contribution in [0.5, 0.6) is 0 Å². The van der Waals surface area contributed by atoms with Crippen molar-refractivity contribution in [3.8, 4) is 0 Å². The minimum Gasteiger partial charge on any atom is -0.386 e. The van der Waals surface area contributed by atoms with Crippen LogP contribution in [0.15, 0.2) is 16.6 Å². The van der Waals surface area contributed by atoms with Crippen LogP contribution in [-0.2, 0) is 0 Å². The number of halogens is 3. The molecule has 0 amide bonds. The van der Waals surface area contributed by atoms with E-state index in [0.29, 0.717) is 9.26 Å². The molecule has 60 valence electrons. The maximum atomic E-state index is 13.1. The Morgan fingerprint density at radius 1 is 1.55 bits per heavy atom. The molecule has 1 nitrogen and oxygen atoms in total. The Morgan fingerprint density at radius 2 is 2.18 bits per heavy atom. The highest BCUT2D eigenvalue weighted by Gasteiger charge is 2.05. The Labute approximate surface area is 86.6 Å². The van der Waals surface area contributed by atoms with Crippen LogP contribution in [-0.4, -0.2) is 7.05 Å². The Hall–Kier alpha value is 0.160. The van der Waals surface area contributed by atoms with Crippen LogP contribution in [0.1, 0.15) is 0 Å². The first-order chi connectivity index (χ1) is 5.15. The molecule has 0 saturated heterocycles. The van der Waals surface area contributed by atoms with Gasteiger partial charge in [0.05, 0.1) is 9.26 Å². The zero-order valence-electron chi connectivity index (χ0n) is 5.79. The summed E-state index contributed by atoms with van der Waals surface area (Å²) in [6, 6.07) is 3.44. The van der Waals surface area contributed by atoms with E-state index in [0.717, 1.165) is 4.47 Å². The number of rotatable bonds is 1. The maximum absolute atomic E-state index is 13.1. The lowest BCUT2D eigenvalue weighted by atomic mass is 10.3. The van der Waals surface area contributed by atoms with Crippen LogP contribution in [0.3, 0.4) is 0 Å². The fraction of sp³-hybridized carbons (Fsp3) is 0.143. The molecule has 11 heavy (non-hydrogen) atoms. The highest BCUT2D eigenvalue weighted by Crippen LogP contribution is 2.24. The summed E-state index contributed by atoms with van der Waals surface area (Å²) in [7, 11) is 1.70. The summed E-state index contributed by atoms with van der Waals surface area (Å²) in [5.74, 6) is -0.198. The molecule has 0 atom stereocenters. The Kier molecular flexibility index (Phi) is 3.12. The summed E-state index contributed by atoms with van der Waals surface area (Å²) >= 11 is 5.23. The summed E-state index contributed by atoms with van der Waals surface area (Å²) in [4.78, 5) is 0. The topological polar surface area (TPSA) is 12.0 Å². The van der Waals surface area contributed by atoms with Crippen LogP contribution in [0, 0.1) is 9.39 Å². The van der Waals surface area contributed by atoms with E-state index in [1.165, 1.54) is 0 Å². The zero-order valence-corrected chi connectivity index (χ0v) is 9.53. The average Bonchev–Trinajstić information content (AvgIpc) is 1.96. The number of benzene rings is 1. The molecule has 0 heterocycles. The van der Waals surface area contributed by atoms with Crippen molar-refractivity contribution in [2.75, 3.05) is 12.4 Å². The van der Waals surface area contributed by atoms with Crippen molar-refractivity contribution in [3.05, 3.63) is 26.0 Å². The molecule has 0 aliphatic heterocycles. The fourth-order valence-corrected chi connectivity index (χ4v) is 2.25. The molecule has 1 rings (SSSR count). The highest BCUT2D eigenvalue weighted by atomic mass is 127. The van der Waals surface area contributed by atoms with Crippen molar-refractivity contribution in [3.63, 3.8) is 0 Å². The predicted molar refractivity (Wildman–Crippen MR) is 56.4 cm³/mol. The number of anilines is 1. The molecule has 0 aliphatic rings. The molecule has 0 unspecified atom stereocenters. The number of hydrogen-bond donors (Lipinski definition) is 1. The van der Waals surface area contributed by atoms with Gasteiger partial charge in [-0.2, -0.15) is 0 Å². The number of hydrogen-bond acceptors (Lipinski definition) is 1. The van der Waals surface area contributed by atoms with Gasteiger partial charge in [0, 0.05) is 11.5 Å². The van der Waals surface area contributed by atoms with E-state index in [1.54, 1.807) is 19.2 Å². The van der Waals surface area contributed by atoms with Gasteiger partial charge < -0.3 is 5.32 Å². The standard InChI is InChI=1S/C7H6BrFIN/c1-11-6-3-4(8)2-5(10)7(6)9/h2-3,11H,1H3. The third kappa shape index (κ3) is 2.05. The van der Waals surface area contributed by atoms with Gasteiger partial charge in [0.15, 0.2) is 5.82 Å². The Balaban J connectivity index is 3.24. The van der Waals surface area contributed by atoms with Crippen molar-refractivity contribution < 1.29 is 4.39 Å². The normalized spacial score (nSPS) is 9.82. The lowest BCUT2D eigenvalue weighted by Crippen LogP contribution is -1.94. The monoisotopic (exact) mass is 329 g/mol. The van der Waals surface area contributed by atoms with Gasteiger partial charge in [-0.1, -0.05) is 15.9 Å². The summed E-state index contributed by atoms with van der Waals surface area (Å²) in [5, 5.41) is 2.77. The van der Waals surface area contributed by atoms with Crippen molar-refractivity contribution in [1.29, 1.82) is 0 Å². The van der Waals surface area contributed by atoms with E-state index in [9.17, 15) is 4.39 Å². The minimum absolute atomic E-state index is 0.198. The zero-order chi connectivity index (χ0) is 8.43. The van der Waals surface area contributed by atoms with Crippen LogP contribution < -0.4 is 5.32 Å². The summed E-state index contributed by atoms with van der Waals surface area (Å²) in [6.07, 6.45) is 0. The molecule has 0 aromatic heterocycles. The van der Waals surface area contributed by atoms with Crippen molar-refractivity contribution >= 4 is 44.2 Å². The lowest BCUT2D eigenvalue weighted by Gasteiger charge is -2.03. The quantitative estimate of drug-likeness (QED) is 0.616. The van der Waals surface area contributed by atoms with Crippen LogP contribution >= 0.6 is 38.5 Å². The second-order valence-electron chi connectivity index (χ2n) is 2.00. The molecule has 0 saturated carbocycles. The molecular weight excluding hydrogens is 324 g/mol. The lowest BCUT2D eigenvalue weighted by molar-refractivity contribution is 0.623. The third-order valence-corrected chi connectivity index (χ3v) is 2.51. The molecule has 1 N–H and O–H groups in total. The van der Waals surface area contributed by atoms with E-state index in [2.05, 4.69) is 21.2 Å². The molecule has 0 aliphatic carbocycles. The first-order valence-electron chi connectivity index (χ1n) is 2.97. The van der Waals surface area contributed by atoms with Gasteiger partial charge in [0.25, 0.3) is 0 Å². The van der Waals surface area contributed by atoms with Gasteiger partial charge >= 0.3 is 0 Å². The van der Waals surface area contributed by atoms with E-state index in [4.69, 9.17) is 0 Å². The first-order valence-corrected chi connectivity index (χ1v) is 4.84. The summed E-state index contributed by atoms with van der Waals surface area (Å²) < 4.78 is 14.6.